The number of halogens is 4. The second-order valence-corrected chi connectivity index (χ2v) is 20.9. The summed E-state index contributed by atoms with van der Waals surface area (Å²) in [5, 5.41) is 0.716. The summed E-state index contributed by atoms with van der Waals surface area (Å²) in [6.07, 6.45) is -0.367. The van der Waals surface area contributed by atoms with Crippen molar-refractivity contribution in [3.8, 4) is 46.0 Å². The summed E-state index contributed by atoms with van der Waals surface area (Å²) >= 11 is 25.9. The number of fused-ring (bicyclic) bond motifs is 12. The van der Waals surface area contributed by atoms with Crippen LogP contribution in [0.3, 0.4) is 0 Å². The molecule has 6 aromatic carbocycles. The Morgan fingerprint density at radius 3 is 1.06 bits per heavy atom. The first-order valence-electron chi connectivity index (χ1n) is 25.1. The third-order valence-electron chi connectivity index (χ3n) is 13.7. The van der Waals surface area contributed by atoms with Crippen LogP contribution >= 0.6 is 46.4 Å². The molecule has 0 N–H and O–H groups in total. The fraction of sp³-hybridized carbons (Fsp3) is 0.172. The molecule has 0 bridgehead atoms. The Kier molecular flexibility index (Phi) is 14.6. The highest BCUT2D eigenvalue weighted by Crippen LogP contribution is 2.61. The molecular formula is C58H34Cl4N2O22. The largest absolute Gasteiger partial charge is 0.456 e. The van der Waals surface area contributed by atoms with E-state index in [2.05, 4.69) is 0 Å². The number of esters is 6. The molecule has 6 aromatic rings. The van der Waals surface area contributed by atoms with E-state index in [0.29, 0.717) is 10.1 Å². The molecule has 6 heterocycles. The number of hydroxylamine groups is 4. The van der Waals surface area contributed by atoms with Crippen molar-refractivity contribution in [1.29, 1.82) is 0 Å². The van der Waals surface area contributed by atoms with Crippen LogP contribution in [0.4, 0.5) is 0 Å². The highest BCUT2D eigenvalue weighted by Gasteiger charge is 2.57. The lowest BCUT2D eigenvalue weighted by molar-refractivity contribution is -0.173. The standard InChI is InChI=1S/2C29H17Cl2NO11/c1-12(33)39-23-10-21-17(8-19(23)30)29(18-9-20(31)24(40-13(2)34)11-22(18)41-21)16-4-3-14(7-15(16)28(38)42-29)27(37)43-32-25(35)5-6-26(32)36;1-12(33)39-23-10-21-17(8-19(23)30)29(18-9-20(31)24(40-13(2)34)11-22(18)41-21)16-7-14(3-4-15(16)28(38)42-29)27(37)43-32-25(35)5-6-26(32)36/h2*3-4,7-11H,5-6H2,1-2H3. The lowest BCUT2D eigenvalue weighted by Crippen LogP contribution is -2.34. The van der Waals surface area contributed by atoms with Gasteiger partial charge in [0, 0.05) is 111 Å². The summed E-state index contributed by atoms with van der Waals surface area (Å²) < 4.78 is 45.1. The number of hydrogen-bond acceptors (Lipinski definition) is 22. The van der Waals surface area contributed by atoms with E-state index in [1.807, 2.05) is 0 Å². The molecule has 0 saturated carbocycles. The molecule has 86 heavy (non-hydrogen) atoms. The molecule has 436 valence electrons. The molecule has 0 atom stereocenters. The molecule has 0 aromatic heterocycles. The maximum Gasteiger partial charge on any atom is 0.363 e. The van der Waals surface area contributed by atoms with Crippen LogP contribution in [0, 0.1) is 0 Å². The van der Waals surface area contributed by atoms with Crippen molar-refractivity contribution < 1.29 is 105 Å². The Labute approximate surface area is 501 Å². The molecule has 2 saturated heterocycles. The molecule has 6 aliphatic heterocycles. The predicted molar refractivity (Wildman–Crippen MR) is 288 cm³/mol. The fourth-order valence-corrected chi connectivity index (χ4v) is 11.0. The number of nitrogens with zero attached hydrogens (tertiary/aromatic N) is 2. The first kappa shape index (κ1) is 57.9. The Balaban J connectivity index is 0.000000179. The maximum atomic E-state index is 13.4. The minimum atomic E-state index is -1.83. The van der Waals surface area contributed by atoms with Crippen molar-refractivity contribution >= 4 is 118 Å². The normalized spacial score (nSPS) is 15.7. The third kappa shape index (κ3) is 9.90. The third-order valence-corrected chi connectivity index (χ3v) is 14.9. The quantitative estimate of drug-likeness (QED) is 0.0778. The van der Waals surface area contributed by atoms with E-state index in [4.69, 9.17) is 94.0 Å². The smallest absolute Gasteiger partial charge is 0.363 e. The van der Waals surface area contributed by atoms with Crippen molar-refractivity contribution in [2.24, 2.45) is 0 Å². The van der Waals surface area contributed by atoms with Gasteiger partial charge in [0.2, 0.25) is 0 Å². The van der Waals surface area contributed by atoms with Crippen molar-refractivity contribution in [2.75, 3.05) is 0 Å². The number of imide groups is 2. The average Bonchev–Trinajstić information content (AvgIpc) is 1.44. The Hall–Kier alpha value is -9.88. The summed E-state index contributed by atoms with van der Waals surface area (Å²) in [4.78, 5) is 157. The van der Waals surface area contributed by atoms with Crippen molar-refractivity contribution in [2.45, 2.75) is 64.6 Å². The van der Waals surface area contributed by atoms with E-state index in [1.165, 1.54) is 113 Å². The van der Waals surface area contributed by atoms with Gasteiger partial charge in [0.1, 0.15) is 23.0 Å². The van der Waals surface area contributed by atoms with Gasteiger partial charge in [-0.15, -0.1) is 10.1 Å². The highest BCUT2D eigenvalue weighted by atomic mass is 35.5. The molecule has 4 amide bonds. The molecule has 6 aliphatic rings. The Morgan fingerprint density at radius 2 is 0.709 bits per heavy atom. The van der Waals surface area contributed by atoms with Crippen LogP contribution in [0.25, 0.3) is 0 Å². The van der Waals surface area contributed by atoms with Gasteiger partial charge < -0.3 is 47.6 Å². The SMILES string of the molecule is CC(=O)Oc1cc2c(cc1Cl)C1(OC(=O)c3cc(C(=O)ON4C(=O)CCC4=O)ccc31)c1cc(Cl)c(OC(C)=O)cc1O2.CC(=O)Oc1cc2c(cc1Cl)C1(OC(=O)c3ccc(C(=O)ON4C(=O)CCC4=O)cc31)c1cc(Cl)c(OC(C)=O)cc1O2. The number of hydrogen-bond donors (Lipinski definition) is 0. The molecular weight excluding hydrogens is 1220 g/mol. The van der Waals surface area contributed by atoms with Crippen LogP contribution in [0.5, 0.6) is 46.0 Å². The molecule has 2 spiro atoms. The summed E-state index contributed by atoms with van der Waals surface area (Å²) in [7, 11) is 0. The topological polar surface area (TPSA) is 304 Å². The zero-order valence-electron chi connectivity index (χ0n) is 44.3. The number of rotatable bonds is 8. The maximum absolute atomic E-state index is 13.4. The van der Waals surface area contributed by atoms with E-state index in [9.17, 15) is 57.5 Å². The monoisotopic (exact) mass is 1250 g/mol. The van der Waals surface area contributed by atoms with E-state index in [1.54, 1.807) is 0 Å². The van der Waals surface area contributed by atoms with Crippen LogP contribution in [-0.4, -0.2) is 81.5 Å². The van der Waals surface area contributed by atoms with Crippen LogP contribution in [0.15, 0.2) is 84.9 Å². The van der Waals surface area contributed by atoms with Gasteiger partial charge in [-0.2, -0.15) is 0 Å². The lowest BCUT2D eigenvalue weighted by atomic mass is 9.77. The number of ether oxygens (including phenoxy) is 8. The number of carbonyl (C=O) groups is 12. The van der Waals surface area contributed by atoms with Gasteiger partial charge in [-0.25, -0.2) is 19.2 Å². The van der Waals surface area contributed by atoms with Crippen LogP contribution in [0.2, 0.25) is 20.1 Å². The minimum Gasteiger partial charge on any atom is -0.456 e. The Morgan fingerprint density at radius 1 is 0.395 bits per heavy atom. The van der Waals surface area contributed by atoms with E-state index in [0.717, 1.165) is 0 Å². The Bertz CT molecular complexity index is 4020. The molecule has 24 nitrogen and oxygen atoms in total. The first-order valence-corrected chi connectivity index (χ1v) is 26.7. The molecule has 0 aliphatic carbocycles. The van der Waals surface area contributed by atoms with Crippen LogP contribution in [-0.2, 0) is 68.7 Å². The van der Waals surface area contributed by atoms with Gasteiger partial charge in [-0.3, -0.25) is 38.4 Å². The van der Waals surface area contributed by atoms with Crippen molar-refractivity contribution in [3.63, 3.8) is 0 Å². The molecule has 2 fully saturated rings. The van der Waals surface area contributed by atoms with Gasteiger partial charge in [0.05, 0.1) is 42.3 Å². The summed E-state index contributed by atoms with van der Waals surface area (Å²) in [6, 6.07) is 18.8. The number of carbonyl (C=O) groups excluding carboxylic acids is 12. The van der Waals surface area contributed by atoms with Gasteiger partial charge in [0.25, 0.3) is 23.6 Å². The zero-order chi connectivity index (χ0) is 61.6. The van der Waals surface area contributed by atoms with E-state index >= 15 is 0 Å². The van der Waals surface area contributed by atoms with Gasteiger partial charge in [-0.05, 0) is 54.6 Å². The van der Waals surface area contributed by atoms with Gasteiger partial charge in [0.15, 0.2) is 34.2 Å². The van der Waals surface area contributed by atoms with E-state index in [-0.39, 0.29) is 147 Å². The second-order valence-electron chi connectivity index (χ2n) is 19.3. The zero-order valence-corrected chi connectivity index (χ0v) is 47.3. The summed E-state index contributed by atoms with van der Waals surface area (Å²) in [5.41, 5.74) is -2.61. The predicted octanol–water partition coefficient (Wildman–Crippen LogP) is 9.27. The van der Waals surface area contributed by atoms with Gasteiger partial charge in [-0.1, -0.05) is 52.5 Å². The summed E-state index contributed by atoms with van der Waals surface area (Å²) in [5.74, 6) is -8.91. The van der Waals surface area contributed by atoms with Crippen molar-refractivity contribution in [3.05, 3.63) is 161 Å². The molecule has 0 radical (unpaired) electrons. The summed E-state index contributed by atoms with van der Waals surface area (Å²) in [6.45, 7) is 4.74. The lowest BCUT2D eigenvalue weighted by Gasteiger charge is -2.37. The van der Waals surface area contributed by atoms with Crippen LogP contribution in [0.1, 0.15) is 128 Å². The highest BCUT2D eigenvalue weighted by molar-refractivity contribution is 6.33. The van der Waals surface area contributed by atoms with Gasteiger partial charge >= 0.3 is 47.8 Å². The molecule has 12 rings (SSSR count). The second kappa shape index (κ2) is 21.6. The van der Waals surface area contributed by atoms with Crippen molar-refractivity contribution in [1.82, 2.24) is 10.1 Å². The van der Waals surface area contributed by atoms with Crippen LogP contribution < -0.4 is 28.4 Å². The number of amides is 4. The minimum absolute atomic E-state index is 0.00681. The average molecular weight is 1250 g/mol. The fourth-order valence-electron chi connectivity index (χ4n) is 10.2. The molecule has 28 heteroatoms. The number of benzene rings is 6. The molecule has 0 unspecified atom stereocenters. The van der Waals surface area contributed by atoms with E-state index < -0.39 is 82.6 Å². The first-order chi connectivity index (χ1) is 40.8.